The molecule has 2 atom stereocenters. The summed E-state index contributed by atoms with van der Waals surface area (Å²) in [5.74, 6) is 1.40. The fourth-order valence-corrected chi connectivity index (χ4v) is 4.52. The van der Waals surface area contributed by atoms with Crippen LogP contribution in [0.25, 0.3) is 0 Å². The van der Waals surface area contributed by atoms with Crippen molar-refractivity contribution in [1.29, 1.82) is 0 Å². The van der Waals surface area contributed by atoms with Gasteiger partial charge in [0.15, 0.2) is 0 Å². The summed E-state index contributed by atoms with van der Waals surface area (Å²) < 4.78 is 31.1. The average molecular weight is 316 g/mol. The molecule has 1 N–H and O–H groups in total. The third kappa shape index (κ3) is 4.77. The van der Waals surface area contributed by atoms with E-state index in [1.54, 1.807) is 4.31 Å². The van der Waals surface area contributed by atoms with E-state index >= 15 is 0 Å². The van der Waals surface area contributed by atoms with E-state index in [4.69, 9.17) is 4.74 Å². The molecular formula is C15H28N2O3S. The van der Waals surface area contributed by atoms with Crippen molar-refractivity contribution in [2.45, 2.75) is 26.7 Å². The molecule has 5 nitrogen and oxygen atoms in total. The predicted molar refractivity (Wildman–Crippen MR) is 84.7 cm³/mol. The van der Waals surface area contributed by atoms with Crippen molar-refractivity contribution in [3.63, 3.8) is 0 Å². The Kier molecular flexibility index (Phi) is 6.22. The van der Waals surface area contributed by atoms with E-state index in [0.717, 1.165) is 6.54 Å². The van der Waals surface area contributed by atoms with Gasteiger partial charge in [-0.05, 0) is 31.6 Å². The molecule has 0 spiro atoms. The SMILES string of the molecule is CC1=CCCC(C)C1CNCCS(=O)(=O)N1CCOCC1. The Morgan fingerprint density at radius 1 is 1.38 bits per heavy atom. The molecule has 0 aromatic heterocycles. The lowest BCUT2D eigenvalue weighted by atomic mass is 9.80. The molecule has 2 aliphatic rings. The monoisotopic (exact) mass is 316 g/mol. The van der Waals surface area contributed by atoms with Crippen LogP contribution < -0.4 is 5.32 Å². The molecule has 21 heavy (non-hydrogen) atoms. The molecule has 0 saturated carbocycles. The first-order valence-electron chi connectivity index (χ1n) is 7.93. The quantitative estimate of drug-likeness (QED) is 0.591. The van der Waals surface area contributed by atoms with Crippen molar-refractivity contribution in [1.82, 2.24) is 9.62 Å². The van der Waals surface area contributed by atoms with Gasteiger partial charge in [-0.15, -0.1) is 0 Å². The van der Waals surface area contributed by atoms with Crippen LogP contribution in [0.15, 0.2) is 11.6 Å². The fourth-order valence-electron chi connectivity index (χ4n) is 3.15. The van der Waals surface area contributed by atoms with Crippen molar-refractivity contribution in [2.24, 2.45) is 11.8 Å². The molecule has 0 amide bonds. The van der Waals surface area contributed by atoms with Gasteiger partial charge in [0.2, 0.25) is 10.0 Å². The van der Waals surface area contributed by atoms with E-state index in [0.29, 0.717) is 44.7 Å². The van der Waals surface area contributed by atoms with Crippen LogP contribution in [-0.4, -0.2) is 57.9 Å². The standard InChI is InChI=1S/C15H28N2O3S/c1-13-4-3-5-14(2)15(13)12-16-6-11-21(18,19)17-7-9-20-10-8-17/h4,14-16H,3,5-12H2,1-2H3. The lowest BCUT2D eigenvalue weighted by molar-refractivity contribution is 0.0730. The summed E-state index contributed by atoms with van der Waals surface area (Å²) in [4.78, 5) is 0. The topological polar surface area (TPSA) is 58.6 Å². The zero-order valence-corrected chi connectivity index (χ0v) is 14.0. The van der Waals surface area contributed by atoms with Crippen molar-refractivity contribution < 1.29 is 13.2 Å². The van der Waals surface area contributed by atoms with Gasteiger partial charge in [-0.25, -0.2) is 8.42 Å². The highest BCUT2D eigenvalue weighted by Crippen LogP contribution is 2.29. The van der Waals surface area contributed by atoms with Gasteiger partial charge >= 0.3 is 0 Å². The third-order valence-electron chi connectivity index (χ3n) is 4.62. The van der Waals surface area contributed by atoms with Crippen LogP contribution in [0.2, 0.25) is 0 Å². The second-order valence-corrected chi connectivity index (χ2v) is 8.23. The van der Waals surface area contributed by atoms with Gasteiger partial charge in [-0.2, -0.15) is 4.31 Å². The maximum atomic E-state index is 12.2. The second kappa shape index (κ2) is 7.72. The van der Waals surface area contributed by atoms with Gasteiger partial charge < -0.3 is 10.1 Å². The molecule has 2 unspecified atom stereocenters. The summed E-state index contributed by atoms with van der Waals surface area (Å²) in [6, 6.07) is 0. The molecule has 1 heterocycles. The second-order valence-electron chi connectivity index (χ2n) is 6.14. The Morgan fingerprint density at radius 2 is 2.10 bits per heavy atom. The zero-order valence-electron chi connectivity index (χ0n) is 13.2. The van der Waals surface area contributed by atoms with E-state index in [1.165, 1.54) is 18.4 Å². The van der Waals surface area contributed by atoms with E-state index < -0.39 is 10.0 Å². The summed E-state index contributed by atoms with van der Waals surface area (Å²) in [6.45, 7) is 7.87. The van der Waals surface area contributed by atoms with Crippen LogP contribution in [0.3, 0.4) is 0 Å². The van der Waals surface area contributed by atoms with E-state index in [-0.39, 0.29) is 5.75 Å². The molecule has 6 heteroatoms. The molecule has 1 fully saturated rings. The first-order chi connectivity index (χ1) is 10.0. The van der Waals surface area contributed by atoms with Gasteiger partial charge in [-0.3, -0.25) is 0 Å². The highest BCUT2D eigenvalue weighted by atomic mass is 32.2. The minimum Gasteiger partial charge on any atom is -0.379 e. The Labute approximate surface area is 128 Å². The van der Waals surface area contributed by atoms with Crippen molar-refractivity contribution in [3.05, 3.63) is 11.6 Å². The normalized spacial score (nSPS) is 28.4. The first-order valence-corrected chi connectivity index (χ1v) is 9.54. The number of hydrogen-bond acceptors (Lipinski definition) is 4. The Bertz CT molecular complexity index is 456. The fraction of sp³-hybridized carbons (Fsp3) is 0.867. The summed E-state index contributed by atoms with van der Waals surface area (Å²) >= 11 is 0. The Morgan fingerprint density at radius 3 is 2.76 bits per heavy atom. The number of hydrogen-bond donors (Lipinski definition) is 1. The van der Waals surface area contributed by atoms with Crippen LogP contribution in [0.1, 0.15) is 26.7 Å². The lowest BCUT2D eigenvalue weighted by Crippen LogP contribution is -2.43. The minimum atomic E-state index is -3.14. The van der Waals surface area contributed by atoms with Crippen LogP contribution in [0.5, 0.6) is 0 Å². The van der Waals surface area contributed by atoms with Crippen LogP contribution >= 0.6 is 0 Å². The van der Waals surface area contributed by atoms with Crippen LogP contribution in [0.4, 0.5) is 0 Å². The highest BCUT2D eigenvalue weighted by Gasteiger charge is 2.25. The third-order valence-corrected chi connectivity index (χ3v) is 6.50. The summed E-state index contributed by atoms with van der Waals surface area (Å²) in [6.07, 6.45) is 4.72. The van der Waals surface area contributed by atoms with Gasteiger partial charge in [0.25, 0.3) is 0 Å². The number of allylic oxidation sites excluding steroid dienone is 1. The van der Waals surface area contributed by atoms with Gasteiger partial charge in [-0.1, -0.05) is 18.6 Å². The summed E-state index contributed by atoms with van der Waals surface area (Å²) in [7, 11) is -3.14. The largest absolute Gasteiger partial charge is 0.379 e. The molecule has 1 saturated heterocycles. The Balaban J connectivity index is 1.73. The van der Waals surface area contributed by atoms with Crippen molar-refractivity contribution in [3.8, 4) is 0 Å². The number of nitrogens with one attached hydrogen (secondary N) is 1. The number of rotatable bonds is 6. The summed E-state index contributed by atoms with van der Waals surface area (Å²) in [5, 5.41) is 3.33. The smallest absolute Gasteiger partial charge is 0.215 e. The van der Waals surface area contributed by atoms with Crippen LogP contribution in [0, 0.1) is 11.8 Å². The lowest BCUT2D eigenvalue weighted by Gasteiger charge is -2.29. The number of ether oxygens (including phenoxy) is 1. The van der Waals surface area contributed by atoms with E-state index in [2.05, 4.69) is 25.2 Å². The Hall–Kier alpha value is -0.430. The molecule has 1 aliphatic heterocycles. The van der Waals surface area contributed by atoms with Crippen molar-refractivity contribution >= 4 is 10.0 Å². The van der Waals surface area contributed by atoms with Crippen molar-refractivity contribution in [2.75, 3.05) is 45.1 Å². The number of sulfonamides is 1. The number of morpholine rings is 1. The molecular weight excluding hydrogens is 288 g/mol. The van der Waals surface area contributed by atoms with Gasteiger partial charge in [0, 0.05) is 26.2 Å². The molecule has 1 aliphatic carbocycles. The highest BCUT2D eigenvalue weighted by molar-refractivity contribution is 7.89. The molecule has 122 valence electrons. The average Bonchev–Trinajstić information content (AvgIpc) is 2.47. The molecule has 0 aromatic carbocycles. The van der Waals surface area contributed by atoms with Gasteiger partial charge in [0.05, 0.1) is 19.0 Å². The molecule has 2 rings (SSSR count). The zero-order chi connectivity index (χ0) is 15.3. The maximum Gasteiger partial charge on any atom is 0.215 e. The van der Waals surface area contributed by atoms with Crippen LogP contribution in [-0.2, 0) is 14.8 Å². The van der Waals surface area contributed by atoms with E-state index in [9.17, 15) is 8.42 Å². The number of nitrogens with zero attached hydrogens (tertiary/aromatic N) is 1. The molecule has 0 bridgehead atoms. The maximum absolute atomic E-state index is 12.2. The molecule has 0 aromatic rings. The van der Waals surface area contributed by atoms with Gasteiger partial charge in [0.1, 0.15) is 0 Å². The minimum absolute atomic E-state index is 0.177. The predicted octanol–water partition coefficient (Wildman–Crippen LogP) is 1.23. The summed E-state index contributed by atoms with van der Waals surface area (Å²) in [5.41, 5.74) is 1.44. The van der Waals surface area contributed by atoms with E-state index in [1.807, 2.05) is 0 Å². The molecule has 0 radical (unpaired) electrons. The first kappa shape index (κ1) is 16.9.